The molecule has 0 saturated heterocycles. The topological polar surface area (TPSA) is 28.7 Å². The second-order valence-electron chi connectivity index (χ2n) is 2.39. The lowest BCUT2D eigenvalue weighted by Gasteiger charge is -1.86. The predicted molar refractivity (Wildman–Crippen MR) is 42.9 cm³/mol. The second kappa shape index (κ2) is 1.84. The van der Waals surface area contributed by atoms with E-state index in [0.29, 0.717) is 0 Å². The molecule has 2 nitrogen and oxygen atoms in total. The van der Waals surface area contributed by atoms with Gasteiger partial charge in [-0.05, 0) is 18.6 Å². The van der Waals surface area contributed by atoms with Crippen molar-refractivity contribution in [3.05, 3.63) is 30.2 Å². The Bertz CT molecular complexity index is 354. The van der Waals surface area contributed by atoms with Gasteiger partial charge in [0, 0.05) is 30.9 Å². The molecule has 0 bridgehead atoms. The van der Waals surface area contributed by atoms with Crippen LogP contribution in [0.1, 0.15) is 6.99 Å². The fourth-order valence-electron chi connectivity index (χ4n) is 1.10. The van der Waals surface area contributed by atoms with Crippen LogP contribution in [-0.2, 0) is 0 Å². The van der Waals surface area contributed by atoms with Crippen molar-refractivity contribution in [3.63, 3.8) is 0 Å². The number of rotatable bonds is 0. The van der Waals surface area contributed by atoms with Crippen LogP contribution in [0.5, 0.6) is 0 Å². The average molecular weight is 134 g/mol. The third-order valence-electron chi connectivity index (χ3n) is 1.69. The molecule has 2 heterocycles. The van der Waals surface area contributed by atoms with Crippen molar-refractivity contribution in [2.24, 2.45) is 0 Å². The van der Waals surface area contributed by atoms with E-state index in [4.69, 9.17) is 0 Å². The average Bonchev–Trinajstić information content (AvgIpc) is 2.34. The molecule has 52 valence electrons. The highest BCUT2D eigenvalue weighted by Crippen LogP contribution is 2.13. The van der Waals surface area contributed by atoms with Crippen LogP contribution in [0.3, 0.4) is 0 Å². The monoisotopic (exact) mass is 134 g/mol. The molecule has 2 aromatic heterocycles. The molecule has 2 rings (SSSR count). The van der Waals surface area contributed by atoms with Gasteiger partial charge in [-0.3, -0.25) is 4.98 Å². The lowest BCUT2D eigenvalue weighted by molar-refractivity contribution is 1.35. The smallest absolute Gasteiger partial charge is 0.0487 e. The minimum absolute atomic E-state index is 0. The van der Waals surface area contributed by atoms with Crippen LogP contribution >= 0.6 is 0 Å². The maximum atomic E-state index is 4.03. The van der Waals surface area contributed by atoms with Gasteiger partial charge in [-0.2, -0.15) is 0 Å². The molecule has 2 heteroatoms. The maximum absolute atomic E-state index is 4.03. The highest BCUT2D eigenvalue weighted by molar-refractivity contribution is 5.81. The fraction of sp³-hybridized carbons (Fsp3) is 0.125. The second-order valence-corrected chi connectivity index (χ2v) is 2.39. The Balaban J connectivity index is 0.000000605. The van der Waals surface area contributed by atoms with Gasteiger partial charge in [0.1, 0.15) is 0 Å². The summed E-state index contributed by atoms with van der Waals surface area (Å²) in [4.78, 5) is 7.17. The van der Waals surface area contributed by atoms with Crippen LogP contribution < -0.4 is 0 Å². The molecule has 0 aliphatic heterocycles. The molecule has 10 heavy (non-hydrogen) atoms. The zero-order valence-electron chi connectivity index (χ0n) is 5.76. The number of aromatic nitrogens is 2. The Morgan fingerprint density at radius 2 is 2.50 bits per heavy atom. The Morgan fingerprint density at radius 1 is 1.60 bits per heavy atom. The van der Waals surface area contributed by atoms with E-state index >= 15 is 0 Å². The summed E-state index contributed by atoms with van der Waals surface area (Å²) in [6.07, 6.45) is 5.66. The molecular weight excluding hydrogens is 124 g/mol. The number of H-pyrrole nitrogens is 1. The number of hydrogen-bond donors (Lipinski definition) is 1. The summed E-state index contributed by atoms with van der Waals surface area (Å²) in [5, 5.41) is 1.21. The van der Waals surface area contributed by atoms with Gasteiger partial charge in [-0.25, -0.2) is 0 Å². The number of nitrogens with one attached hydrogen (secondary N) is 1. The van der Waals surface area contributed by atoms with Gasteiger partial charge in [0.15, 0.2) is 0 Å². The summed E-state index contributed by atoms with van der Waals surface area (Å²) in [7, 11) is 0. The zero-order valence-corrected chi connectivity index (χ0v) is 5.76. The molecule has 0 atom stereocenters. The van der Waals surface area contributed by atoms with Gasteiger partial charge in [-0.1, -0.05) is 0 Å². The summed E-state index contributed by atoms with van der Waals surface area (Å²) in [6.45, 7) is 2.07. The lowest BCUT2D eigenvalue weighted by atomic mass is 10.2. The van der Waals surface area contributed by atoms with E-state index < -0.39 is 0 Å². The predicted octanol–water partition coefficient (Wildman–Crippen LogP) is 2.12. The maximum Gasteiger partial charge on any atom is 0.0487 e. The lowest BCUT2D eigenvalue weighted by Crippen LogP contribution is -1.70. The van der Waals surface area contributed by atoms with Gasteiger partial charge < -0.3 is 4.98 Å². The molecule has 0 spiro atoms. The minimum atomic E-state index is 0. The van der Waals surface area contributed by atoms with Crippen LogP contribution in [0.25, 0.3) is 10.9 Å². The number of aromatic amines is 1. The van der Waals surface area contributed by atoms with Crippen LogP contribution in [0.4, 0.5) is 0 Å². The van der Waals surface area contributed by atoms with Crippen molar-refractivity contribution in [2.75, 3.05) is 0 Å². The fourth-order valence-corrected chi connectivity index (χ4v) is 1.10. The molecule has 0 saturated carbocycles. The number of fused-ring (bicyclic) bond motifs is 1. The van der Waals surface area contributed by atoms with E-state index in [1.165, 1.54) is 10.9 Å². The summed E-state index contributed by atoms with van der Waals surface area (Å²) in [5.74, 6) is 0. The van der Waals surface area contributed by atoms with Gasteiger partial charge in [-0.15, -0.1) is 0 Å². The number of hydrogen-bond acceptors (Lipinski definition) is 1. The van der Waals surface area contributed by atoms with Crippen molar-refractivity contribution in [3.8, 4) is 0 Å². The van der Waals surface area contributed by atoms with Crippen molar-refractivity contribution in [1.29, 1.82) is 0 Å². The molecule has 2 aromatic rings. The van der Waals surface area contributed by atoms with Crippen molar-refractivity contribution in [2.45, 2.75) is 6.92 Å². The summed E-state index contributed by atoms with van der Waals surface area (Å²) in [6, 6.07) is 1.97. The first kappa shape index (κ1) is 5.47. The summed E-state index contributed by atoms with van der Waals surface area (Å²) in [5.41, 5.74) is 2.41. The van der Waals surface area contributed by atoms with Crippen LogP contribution in [-0.4, -0.2) is 9.97 Å². The van der Waals surface area contributed by atoms with Gasteiger partial charge in [0.2, 0.25) is 0 Å². The third kappa shape index (κ3) is 0.620. The molecular formula is C8H10N2. The van der Waals surface area contributed by atoms with E-state index in [-0.39, 0.29) is 1.43 Å². The van der Waals surface area contributed by atoms with E-state index in [0.717, 1.165) is 5.52 Å². The van der Waals surface area contributed by atoms with Crippen molar-refractivity contribution < 1.29 is 1.43 Å². The first-order chi connectivity index (χ1) is 4.88. The molecule has 0 aromatic carbocycles. The minimum Gasteiger partial charge on any atom is -0.361 e. The molecule has 0 aliphatic carbocycles. The van der Waals surface area contributed by atoms with E-state index in [2.05, 4.69) is 16.9 Å². The number of pyridine rings is 1. The van der Waals surface area contributed by atoms with Crippen molar-refractivity contribution >= 4 is 10.9 Å². The summed E-state index contributed by atoms with van der Waals surface area (Å²) >= 11 is 0. The molecule has 0 aliphatic rings. The Labute approximate surface area is 60.4 Å². The summed E-state index contributed by atoms with van der Waals surface area (Å²) < 4.78 is 0. The number of aryl methyl sites for hydroxylation is 1. The van der Waals surface area contributed by atoms with Gasteiger partial charge in [0.05, 0.1) is 0 Å². The van der Waals surface area contributed by atoms with Gasteiger partial charge in [0.25, 0.3) is 0 Å². The van der Waals surface area contributed by atoms with Crippen molar-refractivity contribution in [1.82, 2.24) is 9.97 Å². The largest absolute Gasteiger partial charge is 0.361 e. The van der Waals surface area contributed by atoms with E-state index in [1.54, 1.807) is 6.20 Å². The molecule has 1 N–H and O–H groups in total. The molecule has 0 radical (unpaired) electrons. The standard InChI is InChI=1S/C8H8N2.H2/c1-6-4-10-8-2-3-9-5-7(6)8;/h2-5,10H,1H3;1H. The third-order valence-corrected chi connectivity index (χ3v) is 1.69. The first-order valence-corrected chi connectivity index (χ1v) is 3.25. The molecule has 0 unspecified atom stereocenters. The molecule has 0 fully saturated rings. The normalized spacial score (nSPS) is 10.5. The van der Waals surface area contributed by atoms with Crippen LogP contribution in [0.2, 0.25) is 0 Å². The van der Waals surface area contributed by atoms with Gasteiger partial charge >= 0.3 is 0 Å². The Kier molecular flexibility index (Phi) is 1.01. The molecule has 0 amide bonds. The van der Waals surface area contributed by atoms with E-state index in [9.17, 15) is 0 Å². The SMILES string of the molecule is Cc1c[nH]c2ccncc12.[HH]. The highest BCUT2D eigenvalue weighted by atomic mass is 14.7. The first-order valence-electron chi connectivity index (χ1n) is 3.25. The Morgan fingerprint density at radius 3 is 3.30 bits per heavy atom. The quantitative estimate of drug-likeness (QED) is 0.587. The number of nitrogens with zero attached hydrogens (tertiary/aromatic N) is 1. The zero-order chi connectivity index (χ0) is 6.97. The van der Waals surface area contributed by atoms with Crippen LogP contribution in [0.15, 0.2) is 24.7 Å². The highest BCUT2D eigenvalue weighted by Gasteiger charge is 1.95. The Hall–Kier alpha value is -1.31. The van der Waals surface area contributed by atoms with E-state index in [1.807, 2.05) is 18.5 Å². The van der Waals surface area contributed by atoms with Crippen LogP contribution in [0, 0.1) is 6.92 Å².